The molecule has 2 aromatic heterocycles. The van der Waals surface area contributed by atoms with E-state index in [2.05, 4.69) is 15.5 Å². The first-order valence-corrected chi connectivity index (χ1v) is 9.31. The summed E-state index contributed by atoms with van der Waals surface area (Å²) in [5, 5.41) is 7.14. The molecule has 2 aliphatic carbocycles. The maximum absolute atomic E-state index is 11.7. The standard InChI is InChI=1S/C17H21N3O2S/c21-16(11-6-7-11)18-10-13-8-9-14(23-13)15-19-17(22-20-15)12-4-2-1-3-5-12/h8-9,11-12H,1-7,10H2,(H,18,21). The minimum atomic E-state index is 0.180. The van der Waals surface area contributed by atoms with Gasteiger partial charge in [-0.15, -0.1) is 11.3 Å². The summed E-state index contributed by atoms with van der Waals surface area (Å²) in [5.74, 6) is 2.33. The van der Waals surface area contributed by atoms with Crippen LogP contribution in [-0.4, -0.2) is 16.0 Å². The molecule has 2 aromatic rings. The molecule has 122 valence electrons. The second-order valence-corrected chi connectivity index (χ2v) is 7.72. The summed E-state index contributed by atoms with van der Waals surface area (Å²) in [4.78, 5) is 18.4. The number of rotatable bonds is 5. The van der Waals surface area contributed by atoms with E-state index in [1.807, 2.05) is 12.1 Å². The second kappa shape index (κ2) is 6.43. The predicted octanol–water partition coefficient (Wildman–Crippen LogP) is 3.87. The number of nitrogens with zero attached hydrogens (tertiary/aromatic N) is 2. The maximum atomic E-state index is 11.7. The zero-order valence-electron chi connectivity index (χ0n) is 13.1. The molecule has 0 aliphatic heterocycles. The highest BCUT2D eigenvalue weighted by Crippen LogP contribution is 2.34. The monoisotopic (exact) mass is 331 g/mol. The third kappa shape index (κ3) is 3.47. The van der Waals surface area contributed by atoms with E-state index < -0.39 is 0 Å². The first-order chi connectivity index (χ1) is 11.3. The van der Waals surface area contributed by atoms with Crippen LogP contribution in [0.25, 0.3) is 10.7 Å². The first kappa shape index (κ1) is 14.9. The van der Waals surface area contributed by atoms with Crippen LogP contribution < -0.4 is 5.32 Å². The zero-order valence-corrected chi connectivity index (χ0v) is 13.9. The van der Waals surface area contributed by atoms with Crippen molar-refractivity contribution in [3.8, 4) is 10.7 Å². The molecule has 0 atom stereocenters. The molecule has 0 bridgehead atoms. The summed E-state index contributed by atoms with van der Waals surface area (Å²) < 4.78 is 5.48. The van der Waals surface area contributed by atoms with Crippen LogP contribution in [0.2, 0.25) is 0 Å². The first-order valence-electron chi connectivity index (χ1n) is 8.50. The molecule has 1 N–H and O–H groups in total. The molecule has 0 saturated heterocycles. The van der Waals surface area contributed by atoms with Gasteiger partial charge >= 0.3 is 0 Å². The number of thiophene rings is 1. The number of nitrogens with one attached hydrogen (secondary N) is 1. The van der Waals surface area contributed by atoms with E-state index >= 15 is 0 Å². The summed E-state index contributed by atoms with van der Waals surface area (Å²) in [6.45, 7) is 0.591. The van der Waals surface area contributed by atoms with Crippen molar-refractivity contribution in [3.63, 3.8) is 0 Å². The Labute approximate surface area is 139 Å². The average molecular weight is 331 g/mol. The number of hydrogen-bond acceptors (Lipinski definition) is 5. The van der Waals surface area contributed by atoms with Crippen LogP contribution >= 0.6 is 11.3 Å². The highest BCUT2D eigenvalue weighted by molar-refractivity contribution is 7.15. The molecule has 2 fully saturated rings. The minimum Gasteiger partial charge on any atom is -0.351 e. The molecular weight excluding hydrogens is 310 g/mol. The molecule has 2 heterocycles. The van der Waals surface area contributed by atoms with Crippen molar-refractivity contribution in [2.45, 2.75) is 57.4 Å². The van der Waals surface area contributed by atoms with Crippen LogP contribution in [0.5, 0.6) is 0 Å². The van der Waals surface area contributed by atoms with Gasteiger partial charge in [0.2, 0.25) is 17.6 Å². The lowest BCUT2D eigenvalue weighted by Gasteiger charge is -2.17. The van der Waals surface area contributed by atoms with Gasteiger partial charge < -0.3 is 9.84 Å². The second-order valence-electron chi connectivity index (χ2n) is 6.55. The van der Waals surface area contributed by atoms with Gasteiger partial charge in [0.05, 0.1) is 11.4 Å². The van der Waals surface area contributed by atoms with Gasteiger partial charge in [0.1, 0.15) is 0 Å². The summed E-state index contributed by atoms with van der Waals surface area (Å²) in [6, 6.07) is 4.04. The molecule has 23 heavy (non-hydrogen) atoms. The molecule has 2 aliphatic rings. The van der Waals surface area contributed by atoms with Crippen molar-refractivity contribution in [3.05, 3.63) is 22.9 Å². The number of carbonyl (C=O) groups excluding carboxylic acids is 1. The van der Waals surface area contributed by atoms with Gasteiger partial charge in [-0.05, 0) is 37.8 Å². The lowest BCUT2D eigenvalue weighted by atomic mass is 9.89. The van der Waals surface area contributed by atoms with Gasteiger partial charge in [-0.1, -0.05) is 24.4 Å². The van der Waals surface area contributed by atoms with Crippen molar-refractivity contribution in [1.82, 2.24) is 15.5 Å². The Hall–Kier alpha value is -1.69. The van der Waals surface area contributed by atoms with Crippen LogP contribution in [0.4, 0.5) is 0 Å². The van der Waals surface area contributed by atoms with Gasteiger partial charge in [-0.3, -0.25) is 4.79 Å². The van der Waals surface area contributed by atoms with E-state index in [1.165, 1.54) is 19.3 Å². The predicted molar refractivity (Wildman–Crippen MR) is 88.0 cm³/mol. The Morgan fingerprint density at radius 1 is 1.22 bits per heavy atom. The van der Waals surface area contributed by atoms with Crippen molar-refractivity contribution < 1.29 is 9.32 Å². The molecular formula is C17H21N3O2S. The fourth-order valence-electron chi connectivity index (χ4n) is 3.11. The summed E-state index contributed by atoms with van der Waals surface area (Å²) in [5.41, 5.74) is 0. The van der Waals surface area contributed by atoms with Gasteiger partial charge in [-0.25, -0.2) is 0 Å². The number of carbonyl (C=O) groups is 1. The summed E-state index contributed by atoms with van der Waals surface area (Å²) in [6.07, 6.45) is 8.22. The smallest absolute Gasteiger partial charge is 0.230 e. The Morgan fingerprint density at radius 3 is 2.83 bits per heavy atom. The molecule has 2 saturated carbocycles. The third-order valence-electron chi connectivity index (χ3n) is 4.66. The van der Waals surface area contributed by atoms with Crippen LogP contribution in [0.3, 0.4) is 0 Å². The summed E-state index contributed by atoms with van der Waals surface area (Å²) in [7, 11) is 0. The van der Waals surface area contributed by atoms with Gasteiger partial charge in [-0.2, -0.15) is 4.98 Å². The lowest BCUT2D eigenvalue weighted by Crippen LogP contribution is -2.23. The molecule has 4 rings (SSSR count). The van der Waals surface area contributed by atoms with Gasteiger partial charge in [0, 0.05) is 16.7 Å². The third-order valence-corrected chi connectivity index (χ3v) is 5.74. The van der Waals surface area contributed by atoms with Crippen LogP contribution in [0.15, 0.2) is 16.7 Å². The highest BCUT2D eigenvalue weighted by atomic mass is 32.1. The summed E-state index contributed by atoms with van der Waals surface area (Å²) >= 11 is 1.62. The van der Waals surface area contributed by atoms with Crippen molar-refractivity contribution in [1.29, 1.82) is 0 Å². The quantitative estimate of drug-likeness (QED) is 0.903. The van der Waals surface area contributed by atoms with Gasteiger partial charge in [0.15, 0.2) is 0 Å². The Morgan fingerprint density at radius 2 is 2.04 bits per heavy atom. The average Bonchev–Trinajstić information content (AvgIpc) is 3.14. The Balaban J connectivity index is 1.39. The normalized spacial score (nSPS) is 19.0. The molecule has 0 spiro atoms. The Bertz CT molecular complexity index is 684. The van der Waals surface area contributed by atoms with Crippen molar-refractivity contribution >= 4 is 17.2 Å². The molecule has 0 aromatic carbocycles. The molecule has 0 radical (unpaired) electrons. The van der Waals surface area contributed by atoms with Crippen molar-refractivity contribution in [2.24, 2.45) is 5.92 Å². The zero-order chi connectivity index (χ0) is 15.6. The fraction of sp³-hybridized carbons (Fsp3) is 0.588. The molecule has 5 nitrogen and oxygen atoms in total. The van der Waals surface area contributed by atoms with Crippen LogP contribution in [0, 0.1) is 5.92 Å². The highest BCUT2D eigenvalue weighted by Gasteiger charge is 2.29. The maximum Gasteiger partial charge on any atom is 0.230 e. The van der Waals surface area contributed by atoms with Crippen molar-refractivity contribution in [2.75, 3.05) is 0 Å². The molecule has 1 amide bonds. The minimum absolute atomic E-state index is 0.180. The van der Waals surface area contributed by atoms with Gasteiger partial charge in [0.25, 0.3) is 0 Å². The van der Waals surface area contributed by atoms with E-state index in [-0.39, 0.29) is 11.8 Å². The van der Waals surface area contributed by atoms with E-state index in [1.54, 1.807) is 11.3 Å². The van der Waals surface area contributed by atoms with E-state index in [0.29, 0.717) is 18.3 Å². The van der Waals surface area contributed by atoms with Crippen LogP contribution in [0.1, 0.15) is 61.6 Å². The number of amides is 1. The number of aromatic nitrogens is 2. The topological polar surface area (TPSA) is 68.0 Å². The molecule has 0 unspecified atom stereocenters. The van der Waals surface area contributed by atoms with E-state index in [0.717, 1.165) is 41.3 Å². The number of hydrogen-bond donors (Lipinski definition) is 1. The lowest BCUT2D eigenvalue weighted by molar-refractivity contribution is -0.122. The fourth-order valence-corrected chi connectivity index (χ4v) is 3.98. The SMILES string of the molecule is O=C(NCc1ccc(-c2noc(C3CCCCC3)n2)s1)C1CC1. The Kier molecular flexibility index (Phi) is 4.16. The largest absolute Gasteiger partial charge is 0.351 e. The van der Waals surface area contributed by atoms with Crippen LogP contribution in [-0.2, 0) is 11.3 Å². The van der Waals surface area contributed by atoms with E-state index in [4.69, 9.17) is 4.52 Å². The molecule has 6 heteroatoms. The van der Waals surface area contributed by atoms with E-state index in [9.17, 15) is 4.79 Å².